The molecule has 0 aromatic rings. The first-order chi connectivity index (χ1) is 13.4. The average Bonchev–Trinajstić information content (AvgIpc) is 2.85. The molecule has 2 aliphatic heterocycles. The molecule has 2 saturated carbocycles. The summed E-state index contributed by atoms with van der Waals surface area (Å²) in [5.41, 5.74) is -8.21. The Kier molecular flexibility index (Phi) is 3.92. The Bertz CT molecular complexity index is 821. The number of methoxy groups -OCH3 is 1. The Balaban J connectivity index is 1.92. The van der Waals surface area contributed by atoms with Gasteiger partial charge in [0.05, 0.1) is 7.11 Å². The summed E-state index contributed by atoms with van der Waals surface area (Å²) in [5.74, 6) is -5.41. The monoisotopic (exact) mass is 414 g/mol. The van der Waals surface area contributed by atoms with Crippen LogP contribution in [0.4, 0.5) is 0 Å². The normalized spacial score (nSPS) is 50.1. The van der Waals surface area contributed by atoms with Crippen molar-refractivity contribution in [2.75, 3.05) is 13.7 Å². The van der Waals surface area contributed by atoms with Crippen molar-refractivity contribution in [3.63, 3.8) is 0 Å². The molecule has 2 saturated heterocycles. The van der Waals surface area contributed by atoms with Crippen LogP contribution in [-0.4, -0.2) is 82.4 Å². The Hall–Kier alpha value is -2.24. The first kappa shape index (κ1) is 20.0. The van der Waals surface area contributed by atoms with Crippen molar-refractivity contribution >= 4 is 23.9 Å². The summed E-state index contributed by atoms with van der Waals surface area (Å²) in [6.07, 6.45) is -4.80. The minimum Gasteiger partial charge on any atom is -0.464 e. The number of hydrogen-bond donors (Lipinski definition) is 3. The van der Waals surface area contributed by atoms with E-state index in [0.717, 1.165) is 7.11 Å². The van der Waals surface area contributed by atoms with Gasteiger partial charge in [0.1, 0.15) is 30.0 Å². The molecule has 2 spiro atoms. The highest BCUT2D eigenvalue weighted by molar-refractivity contribution is 6.29. The number of carbonyl (C=O) groups is 4. The molecular formula is C18H22O11. The van der Waals surface area contributed by atoms with Crippen molar-refractivity contribution < 1.29 is 53.4 Å². The average molecular weight is 414 g/mol. The van der Waals surface area contributed by atoms with E-state index < -0.39 is 76.7 Å². The number of esters is 4. The van der Waals surface area contributed by atoms with Crippen molar-refractivity contribution in [2.45, 2.75) is 56.2 Å². The largest absolute Gasteiger partial charge is 0.464 e. The number of cyclic esters (lactones) is 1. The molecule has 0 radical (unpaired) electrons. The molecule has 160 valence electrons. The van der Waals surface area contributed by atoms with Gasteiger partial charge in [-0.15, -0.1) is 0 Å². The number of hydrogen-bond acceptors (Lipinski definition) is 11. The van der Waals surface area contributed by atoms with Gasteiger partial charge in [0.15, 0.2) is 11.5 Å². The Morgan fingerprint density at radius 1 is 1.21 bits per heavy atom. The van der Waals surface area contributed by atoms with E-state index in [1.165, 1.54) is 6.92 Å². The highest BCUT2D eigenvalue weighted by atomic mass is 16.6. The molecule has 8 atom stereocenters. The van der Waals surface area contributed by atoms with Crippen molar-refractivity contribution in [3.8, 4) is 0 Å². The molecule has 0 amide bonds. The maximum Gasteiger partial charge on any atom is 0.417 e. The van der Waals surface area contributed by atoms with Crippen LogP contribution in [-0.2, 0) is 38.1 Å². The van der Waals surface area contributed by atoms with Gasteiger partial charge in [-0.3, -0.25) is 4.79 Å². The Morgan fingerprint density at radius 2 is 1.86 bits per heavy atom. The molecule has 2 aliphatic carbocycles. The first-order valence-corrected chi connectivity index (χ1v) is 9.21. The molecule has 0 aromatic carbocycles. The molecule has 4 aliphatic rings. The highest BCUT2D eigenvalue weighted by Crippen LogP contribution is 2.72. The smallest absolute Gasteiger partial charge is 0.417 e. The lowest BCUT2D eigenvalue weighted by Gasteiger charge is -2.69. The number of ether oxygens (including phenoxy) is 4. The predicted molar refractivity (Wildman–Crippen MR) is 87.6 cm³/mol. The third-order valence-corrected chi connectivity index (χ3v) is 7.63. The number of carbonyl (C=O) groups excluding carboxylic acids is 4. The summed E-state index contributed by atoms with van der Waals surface area (Å²) in [6, 6.07) is 0. The maximum absolute atomic E-state index is 12.7. The van der Waals surface area contributed by atoms with Gasteiger partial charge in [0.25, 0.3) is 0 Å². The fourth-order valence-electron chi connectivity index (χ4n) is 6.02. The second kappa shape index (κ2) is 5.67. The molecule has 3 N–H and O–H groups in total. The second-order valence-corrected chi connectivity index (χ2v) is 8.49. The van der Waals surface area contributed by atoms with E-state index in [2.05, 4.69) is 4.74 Å². The molecule has 0 unspecified atom stereocenters. The molecule has 0 aromatic heterocycles. The zero-order valence-corrected chi connectivity index (χ0v) is 16.0. The molecule has 2 heterocycles. The molecule has 4 rings (SSSR count). The molecular weight excluding hydrogens is 392 g/mol. The van der Waals surface area contributed by atoms with Gasteiger partial charge >= 0.3 is 23.9 Å². The van der Waals surface area contributed by atoms with E-state index in [-0.39, 0.29) is 12.8 Å². The molecule has 11 nitrogen and oxygen atoms in total. The van der Waals surface area contributed by atoms with E-state index in [0.29, 0.717) is 0 Å². The standard InChI is InChI=1S/C18H22O11/c1-7-4-8(28-13(22)12(21)26-3)18(25)16(7)5-9(29-11(20)10(16)19)15(2,24)17(18)6-27-14(17)23/h7-10,19,24-25H,4-6H2,1-3H3/t7-,8-,9-,10+,15+,16+,17+,18-/m1/s1. The van der Waals surface area contributed by atoms with Crippen LogP contribution in [0.2, 0.25) is 0 Å². The fraction of sp³-hybridized carbons (Fsp3) is 0.778. The Morgan fingerprint density at radius 3 is 2.38 bits per heavy atom. The van der Waals surface area contributed by atoms with Crippen LogP contribution in [0.25, 0.3) is 0 Å². The van der Waals surface area contributed by atoms with Crippen LogP contribution in [0, 0.1) is 16.7 Å². The number of aliphatic hydroxyl groups excluding tert-OH is 1. The summed E-state index contributed by atoms with van der Waals surface area (Å²) in [6.45, 7) is 2.40. The second-order valence-electron chi connectivity index (χ2n) is 8.49. The third-order valence-electron chi connectivity index (χ3n) is 7.63. The van der Waals surface area contributed by atoms with Crippen LogP contribution in [0.3, 0.4) is 0 Å². The lowest BCUT2D eigenvalue weighted by molar-refractivity contribution is -0.371. The van der Waals surface area contributed by atoms with Crippen molar-refractivity contribution in [3.05, 3.63) is 0 Å². The number of aliphatic hydroxyl groups is 3. The zero-order chi connectivity index (χ0) is 21.6. The van der Waals surface area contributed by atoms with Crippen LogP contribution < -0.4 is 0 Å². The highest BCUT2D eigenvalue weighted by Gasteiger charge is 2.90. The summed E-state index contributed by atoms with van der Waals surface area (Å²) in [7, 11) is 0.971. The van der Waals surface area contributed by atoms with Crippen molar-refractivity contribution in [1.82, 2.24) is 0 Å². The molecule has 11 heteroatoms. The number of rotatable bonds is 1. The van der Waals surface area contributed by atoms with E-state index in [1.807, 2.05) is 0 Å². The minimum absolute atomic E-state index is 0.0819. The quantitative estimate of drug-likeness (QED) is 0.242. The predicted octanol–water partition coefficient (Wildman–Crippen LogP) is -2.19. The summed E-state index contributed by atoms with van der Waals surface area (Å²) in [4.78, 5) is 48.8. The zero-order valence-electron chi connectivity index (χ0n) is 16.0. The summed E-state index contributed by atoms with van der Waals surface area (Å²) >= 11 is 0. The molecule has 29 heavy (non-hydrogen) atoms. The lowest BCUT2D eigenvalue weighted by atomic mass is 9.42. The summed E-state index contributed by atoms with van der Waals surface area (Å²) < 4.78 is 19.6. The topological polar surface area (TPSA) is 166 Å². The summed E-state index contributed by atoms with van der Waals surface area (Å²) in [5, 5.41) is 34.1. The van der Waals surface area contributed by atoms with Crippen LogP contribution in [0.15, 0.2) is 0 Å². The van der Waals surface area contributed by atoms with E-state index >= 15 is 0 Å². The van der Waals surface area contributed by atoms with Gasteiger partial charge in [-0.05, 0) is 25.7 Å². The fourth-order valence-corrected chi connectivity index (χ4v) is 6.02. The van der Waals surface area contributed by atoms with Crippen LogP contribution >= 0.6 is 0 Å². The minimum atomic E-state index is -2.41. The first-order valence-electron chi connectivity index (χ1n) is 9.21. The van der Waals surface area contributed by atoms with Crippen LogP contribution in [0.1, 0.15) is 26.7 Å². The van der Waals surface area contributed by atoms with Gasteiger partial charge in [0, 0.05) is 5.41 Å². The van der Waals surface area contributed by atoms with Gasteiger partial charge in [-0.2, -0.15) is 0 Å². The maximum atomic E-state index is 12.7. The van der Waals surface area contributed by atoms with Gasteiger partial charge < -0.3 is 34.3 Å². The van der Waals surface area contributed by atoms with E-state index in [4.69, 9.17) is 14.2 Å². The molecule has 4 fully saturated rings. The van der Waals surface area contributed by atoms with Gasteiger partial charge in [-0.25, -0.2) is 14.4 Å². The van der Waals surface area contributed by atoms with E-state index in [1.54, 1.807) is 6.92 Å². The SMILES string of the molecule is COC(=O)C(=O)O[C@@H]1C[C@@H](C)[C@@]23C[C@@H](OC(=O)[C@@H]2O)[C@](C)(O)[C@@]2(COC2=O)[C@@]13O. The number of fused-ring (bicyclic) bond motifs is 2. The lowest BCUT2D eigenvalue weighted by Crippen LogP contribution is -2.88. The van der Waals surface area contributed by atoms with Gasteiger partial charge in [-0.1, -0.05) is 6.92 Å². The van der Waals surface area contributed by atoms with Crippen LogP contribution in [0.5, 0.6) is 0 Å². The van der Waals surface area contributed by atoms with Crippen molar-refractivity contribution in [1.29, 1.82) is 0 Å². The van der Waals surface area contributed by atoms with E-state index in [9.17, 15) is 34.5 Å². The Labute approximate surface area is 164 Å². The van der Waals surface area contributed by atoms with Gasteiger partial charge in [0.2, 0.25) is 0 Å². The third kappa shape index (κ3) is 1.89. The van der Waals surface area contributed by atoms with Crippen molar-refractivity contribution in [2.24, 2.45) is 16.7 Å². The molecule has 2 bridgehead atoms.